The minimum absolute atomic E-state index is 0.295. The Hall–Kier alpha value is -1.38. The second kappa shape index (κ2) is 2.34. The third-order valence-electron chi connectivity index (χ3n) is 1.54. The van der Waals surface area contributed by atoms with Gasteiger partial charge in [-0.25, -0.2) is 0 Å². The summed E-state index contributed by atoms with van der Waals surface area (Å²) in [4.78, 5) is 0. The van der Waals surface area contributed by atoms with E-state index in [1.54, 1.807) is 6.07 Å². The van der Waals surface area contributed by atoms with Crippen molar-refractivity contribution in [1.82, 2.24) is 0 Å². The number of hydrogen-bond donors (Lipinski definition) is 1. The molecular weight excluding hydrogens is 142 g/mol. The van der Waals surface area contributed by atoms with Gasteiger partial charge in [-0.05, 0) is 12.1 Å². The SMILES string of the molecule is [CH]Nc1ccc2c(c1)OCO2. The highest BCUT2D eigenvalue weighted by Gasteiger charge is 2.12. The van der Waals surface area contributed by atoms with Crippen molar-refractivity contribution in [3.63, 3.8) is 0 Å². The fraction of sp³-hybridized carbons (Fsp3) is 0.125. The lowest BCUT2D eigenvalue weighted by Crippen LogP contribution is -1.92. The van der Waals surface area contributed by atoms with Crippen LogP contribution in [0.25, 0.3) is 0 Å². The van der Waals surface area contributed by atoms with Gasteiger partial charge >= 0.3 is 0 Å². The van der Waals surface area contributed by atoms with Gasteiger partial charge in [-0.1, -0.05) is 0 Å². The number of benzene rings is 1. The van der Waals surface area contributed by atoms with Crippen molar-refractivity contribution < 1.29 is 9.47 Å². The Morgan fingerprint density at radius 2 is 2.09 bits per heavy atom. The van der Waals surface area contributed by atoms with E-state index >= 15 is 0 Å². The van der Waals surface area contributed by atoms with Crippen molar-refractivity contribution in [3.8, 4) is 11.5 Å². The Bertz CT molecular complexity index is 273. The molecule has 0 aliphatic carbocycles. The molecule has 0 bridgehead atoms. The number of ether oxygens (including phenoxy) is 2. The molecule has 56 valence electrons. The summed E-state index contributed by atoms with van der Waals surface area (Å²) in [5, 5.41) is 2.52. The van der Waals surface area contributed by atoms with Gasteiger partial charge in [0, 0.05) is 11.8 Å². The van der Waals surface area contributed by atoms with Crippen LogP contribution in [0, 0.1) is 7.05 Å². The van der Waals surface area contributed by atoms with E-state index in [9.17, 15) is 0 Å². The molecule has 0 amide bonds. The summed E-state index contributed by atoms with van der Waals surface area (Å²) in [7, 11) is 5.20. The second-order valence-corrected chi connectivity index (χ2v) is 2.21. The molecule has 3 heteroatoms. The number of nitrogens with one attached hydrogen (secondary N) is 1. The number of rotatable bonds is 1. The van der Waals surface area contributed by atoms with Crippen LogP contribution in [0.4, 0.5) is 5.69 Å². The first-order chi connectivity index (χ1) is 5.40. The zero-order valence-electron chi connectivity index (χ0n) is 5.83. The summed E-state index contributed by atoms with van der Waals surface area (Å²) in [6.07, 6.45) is 0. The molecule has 1 aliphatic heterocycles. The lowest BCUT2D eigenvalue weighted by atomic mass is 10.3. The van der Waals surface area contributed by atoms with Gasteiger partial charge in [0.25, 0.3) is 0 Å². The maximum Gasteiger partial charge on any atom is 0.231 e. The summed E-state index contributed by atoms with van der Waals surface area (Å²) >= 11 is 0. The Morgan fingerprint density at radius 1 is 1.27 bits per heavy atom. The van der Waals surface area contributed by atoms with Crippen LogP contribution in [-0.4, -0.2) is 6.79 Å². The molecule has 0 saturated carbocycles. The van der Waals surface area contributed by atoms with E-state index in [-0.39, 0.29) is 0 Å². The minimum Gasteiger partial charge on any atom is -0.454 e. The zero-order chi connectivity index (χ0) is 7.68. The smallest absolute Gasteiger partial charge is 0.231 e. The molecule has 1 N–H and O–H groups in total. The van der Waals surface area contributed by atoms with Crippen molar-refractivity contribution in [2.24, 2.45) is 0 Å². The van der Waals surface area contributed by atoms with Gasteiger partial charge in [0.15, 0.2) is 11.5 Å². The van der Waals surface area contributed by atoms with E-state index in [1.165, 1.54) is 0 Å². The largest absolute Gasteiger partial charge is 0.454 e. The maximum atomic E-state index is 5.20. The maximum absolute atomic E-state index is 5.20. The third kappa shape index (κ3) is 0.981. The molecular formula is C8H7NO2. The number of fused-ring (bicyclic) bond motifs is 1. The molecule has 0 fully saturated rings. The van der Waals surface area contributed by atoms with E-state index in [0.717, 1.165) is 17.2 Å². The molecule has 0 saturated heterocycles. The summed E-state index contributed by atoms with van der Waals surface area (Å²) < 4.78 is 10.2. The standard InChI is InChI=1S/C8H7NO2/c1-9-6-2-3-7-8(4-6)11-5-10-7/h1-4,9H,5H2. The normalized spacial score (nSPS) is 13.2. The second-order valence-electron chi connectivity index (χ2n) is 2.21. The Kier molecular flexibility index (Phi) is 1.35. The molecule has 3 nitrogen and oxygen atoms in total. The predicted octanol–water partition coefficient (Wildman–Crippen LogP) is 1.50. The average molecular weight is 149 g/mol. The molecule has 0 atom stereocenters. The molecule has 1 heterocycles. The zero-order valence-corrected chi connectivity index (χ0v) is 5.83. The van der Waals surface area contributed by atoms with Crippen molar-refractivity contribution in [1.29, 1.82) is 0 Å². The molecule has 0 spiro atoms. The first-order valence-corrected chi connectivity index (χ1v) is 3.26. The topological polar surface area (TPSA) is 30.5 Å². The third-order valence-corrected chi connectivity index (χ3v) is 1.54. The van der Waals surface area contributed by atoms with Crippen LogP contribution in [0.15, 0.2) is 18.2 Å². The fourth-order valence-corrected chi connectivity index (χ4v) is 0.986. The monoisotopic (exact) mass is 149 g/mol. The lowest BCUT2D eigenvalue weighted by Gasteiger charge is -1.99. The first kappa shape index (κ1) is 6.34. The van der Waals surface area contributed by atoms with E-state index in [1.807, 2.05) is 12.1 Å². The van der Waals surface area contributed by atoms with Crippen molar-refractivity contribution in [2.75, 3.05) is 12.1 Å². The van der Waals surface area contributed by atoms with Gasteiger partial charge in [-0.15, -0.1) is 0 Å². The van der Waals surface area contributed by atoms with Crippen molar-refractivity contribution >= 4 is 5.69 Å². The van der Waals surface area contributed by atoms with Gasteiger partial charge in [0.2, 0.25) is 6.79 Å². The van der Waals surface area contributed by atoms with Crippen LogP contribution in [0.5, 0.6) is 11.5 Å². The van der Waals surface area contributed by atoms with Crippen molar-refractivity contribution in [2.45, 2.75) is 0 Å². The lowest BCUT2D eigenvalue weighted by molar-refractivity contribution is 0.174. The summed E-state index contributed by atoms with van der Waals surface area (Å²) in [6, 6.07) is 5.44. The quantitative estimate of drug-likeness (QED) is 0.614. The van der Waals surface area contributed by atoms with Gasteiger partial charge in [0.1, 0.15) is 0 Å². The Morgan fingerprint density at radius 3 is 2.91 bits per heavy atom. The summed E-state index contributed by atoms with van der Waals surface area (Å²) in [5.74, 6) is 1.50. The molecule has 11 heavy (non-hydrogen) atoms. The Labute approximate surface area is 64.9 Å². The van der Waals surface area contributed by atoms with Crippen LogP contribution in [0.2, 0.25) is 0 Å². The summed E-state index contributed by atoms with van der Waals surface area (Å²) in [6.45, 7) is 0.295. The average Bonchev–Trinajstić information content (AvgIpc) is 2.50. The fourth-order valence-electron chi connectivity index (χ4n) is 0.986. The van der Waals surface area contributed by atoms with Crippen LogP contribution in [-0.2, 0) is 0 Å². The van der Waals surface area contributed by atoms with E-state index in [2.05, 4.69) is 5.32 Å². The molecule has 0 unspecified atom stereocenters. The highest BCUT2D eigenvalue weighted by molar-refractivity contribution is 5.55. The molecule has 2 radical (unpaired) electrons. The molecule has 1 aromatic carbocycles. The number of hydrogen-bond acceptors (Lipinski definition) is 3. The van der Waals surface area contributed by atoms with E-state index < -0.39 is 0 Å². The first-order valence-electron chi connectivity index (χ1n) is 3.26. The number of anilines is 1. The molecule has 2 rings (SSSR count). The highest BCUT2D eigenvalue weighted by Crippen LogP contribution is 2.33. The highest BCUT2D eigenvalue weighted by atomic mass is 16.7. The van der Waals surface area contributed by atoms with Gasteiger partial charge in [-0.2, -0.15) is 0 Å². The molecule has 1 aliphatic rings. The van der Waals surface area contributed by atoms with Gasteiger partial charge < -0.3 is 14.8 Å². The predicted molar refractivity (Wildman–Crippen MR) is 40.5 cm³/mol. The van der Waals surface area contributed by atoms with Crippen molar-refractivity contribution in [3.05, 3.63) is 25.2 Å². The van der Waals surface area contributed by atoms with Gasteiger partial charge in [-0.3, -0.25) is 0 Å². The Balaban J connectivity index is 2.41. The molecule has 1 aromatic rings. The van der Waals surface area contributed by atoms with Crippen LogP contribution < -0.4 is 14.8 Å². The minimum atomic E-state index is 0.295. The van der Waals surface area contributed by atoms with Crippen LogP contribution >= 0.6 is 0 Å². The van der Waals surface area contributed by atoms with E-state index in [0.29, 0.717) is 6.79 Å². The summed E-state index contributed by atoms with van der Waals surface area (Å²) in [5.41, 5.74) is 0.814. The van der Waals surface area contributed by atoms with Crippen LogP contribution in [0.1, 0.15) is 0 Å². The van der Waals surface area contributed by atoms with E-state index in [4.69, 9.17) is 16.5 Å². The van der Waals surface area contributed by atoms with Crippen LogP contribution in [0.3, 0.4) is 0 Å². The van der Waals surface area contributed by atoms with Gasteiger partial charge in [0.05, 0.1) is 7.05 Å². The molecule has 0 aromatic heterocycles.